The molecule has 18 heavy (non-hydrogen) atoms. The van der Waals surface area contributed by atoms with Crippen LogP contribution in [0.1, 0.15) is 0 Å². The lowest BCUT2D eigenvalue weighted by Crippen LogP contribution is -2.45. The van der Waals surface area contributed by atoms with E-state index in [-0.39, 0.29) is 0 Å². The van der Waals surface area contributed by atoms with Gasteiger partial charge in [-0.25, -0.2) is 0 Å². The zero-order valence-corrected chi connectivity index (χ0v) is 9.77. The molecule has 2 aromatic carbocycles. The van der Waals surface area contributed by atoms with E-state index in [0.717, 1.165) is 0 Å². The van der Waals surface area contributed by atoms with E-state index in [1.165, 1.54) is 0 Å². The van der Waals surface area contributed by atoms with Crippen molar-refractivity contribution in [1.29, 1.82) is 0 Å². The van der Waals surface area contributed by atoms with Crippen LogP contribution in [0.3, 0.4) is 0 Å². The third-order valence-corrected chi connectivity index (χ3v) is 2.88. The van der Waals surface area contributed by atoms with Crippen molar-refractivity contribution in [1.82, 2.24) is 0 Å². The summed E-state index contributed by atoms with van der Waals surface area (Å²) < 4.78 is 0. The van der Waals surface area contributed by atoms with E-state index in [2.05, 4.69) is 0 Å². The molecule has 2 aromatic rings. The van der Waals surface area contributed by atoms with Gasteiger partial charge in [0, 0.05) is 0 Å². The van der Waals surface area contributed by atoms with Crippen molar-refractivity contribution in [3.8, 4) is 11.1 Å². The fourth-order valence-corrected chi connectivity index (χ4v) is 1.86. The summed E-state index contributed by atoms with van der Waals surface area (Å²) in [5, 5.41) is 0. The van der Waals surface area contributed by atoms with Gasteiger partial charge in [0.1, 0.15) is 47.1 Å². The zero-order chi connectivity index (χ0) is 13.4. The molecule has 0 aliphatic carbocycles. The summed E-state index contributed by atoms with van der Waals surface area (Å²) in [6, 6.07) is 6.81. The van der Waals surface area contributed by atoms with Crippen molar-refractivity contribution >= 4 is 79.9 Å². The minimum absolute atomic E-state index is 0.293. The highest BCUT2D eigenvalue weighted by molar-refractivity contribution is 6.61. The standard InChI is InChI=1S/C12H4B6/c13-6-3-1-2-5(10(6)16)9-7(14)4-8(15)11(17)12(9)18/h1-4H. The largest absolute Gasteiger partial charge is 0.114 e. The summed E-state index contributed by atoms with van der Waals surface area (Å²) in [7, 11) is 35.1. The summed E-state index contributed by atoms with van der Waals surface area (Å²) in [6.07, 6.45) is 0. The predicted molar refractivity (Wildman–Crippen MR) is 84.2 cm³/mol. The lowest BCUT2D eigenvalue weighted by molar-refractivity contribution is 1.77. The van der Waals surface area contributed by atoms with Gasteiger partial charge in [-0.1, -0.05) is 40.7 Å². The Morgan fingerprint density at radius 3 is 1.94 bits per heavy atom. The van der Waals surface area contributed by atoms with Crippen LogP contribution in [0.15, 0.2) is 24.3 Å². The maximum absolute atomic E-state index is 5.95. The minimum Gasteiger partial charge on any atom is -0.110 e. The molecule has 0 atom stereocenters. The Balaban J connectivity index is 2.80. The molecule has 0 bridgehead atoms. The van der Waals surface area contributed by atoms with Crippen molar-refractivity contribution in [2.75, 3.05) is 0 Å². The van der Waals surface area contributed by atoms with Gasteiger partial charge in [-0.05, 0) is 11.1 Å². The van der Waals surface area contributed by atoms with E-state index in [0.29, 0.717) is 43.9 Å². The topological polar surface area (TPSA) is 0 Å². The van der Waals surface area contributed by atoms with Gasteiger partial charge in [-0.2, -0.15) is 0 Å². The highest BCUT2D eigenvalue weighted by atomic mass is 14.1. The molecule has 0 amide bonds. The van der Waals surface area contributed by atoms with Gasteiger partial charge in [0.05, 0.1) is 0 Å². The monoisotopic (exact) mass is 214 g/mol. The van der Waals surface area contributed by atoms with Gasteiger partial charge in [0.25, 0.3) is 0 Å². The van der Waals surface area contributed by atoms with Crippen molar-refractivity contribution in [2.24, 2.45) is 0 Å². The first kappa shape index (κ1) is 13.3. The van der Waals surface area contributed by atoms with Gasteiger partial charge < -0.3 is 0 Å². The van der Waals surface area contributed by atoms with Crippen LogP contribution < -0.4 is 32.8 Å². The van der Waals surface area contributed by atoms with Gasteiger partial charge in [0.2, 0.25) is 0 Å². The average molecular weight is 213 g/mol. The van der Waals surface area contributed by atoms with Gasteiger partial charge >= 0.3 is 0 Å². The van der Waals surface area contributed by atoms with Crippen LogP contribution in [-0.2, 0) is 0 Å². The highest BCUT2D eigenvalue weighted by Gasteiger charge is 2.10. The second-order valence-electron chi connectivity index (χ2n) is 4.07. The number of rotatable bonds is 1. The van der Waals surface area contributed by atoms with Crippen LogP contribution in [0, 0.1) is 0 Å². The number of hydrogen-bond donors (Lipinski definition) is 0. The van der Waals surface area contributed by atoms with E-state index >= 15 is 0 Å². The first-order valence-corrected chi connectivity index (χ1v) is 5.30. The maximum Gasteiger partial charge on any atom is 0.114 e. The molecular weight excluding hydrogens is 209 g/mol. The number of hydrogen-bond acceptors (Lipinski definition) is 0. The second kappa shape index (κ2) is 4.84. The Kier molecular flexibility index (Phi) is 3.56. The maximum atomic E-state index is 5.95. The third-order valence-electron chi connectivity index (χ3n) is 2.88. The van der Waals surface area contributed by atoms with Crippen LogP contribution in [-0.4, -0.2) is 47.1 Å². The Labute approximate surface area is 115 Å². The molecule has 70 valence electrons. The fraction of sp³-hybridized carbons (Fsp3) is 0. The lowest BCUT2D eigenvalue weighted by atomic mass is 9.64. The van der Waals surface area contributed by atoms with Crippen LogP contribution in [0.4, 0.5) is 0 Å². The predicted octanol–water partition coefficient (Wildman–Crippen LogP) is -3.88. The molecule has 0 saturated carbocycles. The van der Waals surface area contributed by atoms with E-state index < -0.39 is 0 Å². The molecule has 0 heterocycles. The van der Waals surface area contributed by atoms with Crippen molar-refractivity contribution in [3.05, 3.63) is 24.3 Å². The molecule has 0 saturated heterocycles. The summed E-state index contributed by atoms with van der Waals surface area (Å²) in [5.41, 5.74) is 3.45. The van der Waals surface area contributed by atoms with Crippen LogP contribution >= 0.6 is 0 Å². The molecule has 0 fully saturated rings. The van der Waals surface area contributed by atoms with E-state index in [4.69, 9.17) is 47.1 Å². The molecular formula is C12H4B6. The van der Waals surface area contributed by atoms with E-state index in [9.17, 15) is 0 Å². The summed E-state index contributed by atoms with van der Waals surface area (Å²) in [4.78, 5) is 0. The van der Waals surface area contributed by atoms with Gasteiger partial charge in [-0.15, -0.1) is 16.4 Å². The Morgan fingerprint density at radius 2 is 1.28 bits per heavy atom. The Morgan fingerprint density at radius 1 is 0.611 bits per heavy atom. The van der Waals surface area contributed by atoms with Gasteiger partial charge in [-0.3, -0.25) is 0 Å². The van der Waals surface area contributed by atoms with Crippen LogP contribution in [0.2, 0.25) is 0 Å². The summed E-state index contributed by atoms with van der Waals surface area (Å²) >= 11 is 0. The molecule has 0 N–H and O–H groups in total. The Hall–Kier alpha value is -1.17. The summed E-state index contributed by atoms with van der Waals surface area (Å²) in [6.45, 7) is 0. The van der Waals surface area contributed by atoms with Crippen molar-refractivity contribution in [2.45, 2.75) is 0 Å². The molecule has 0 aliphatic rings. The molecule has 0 unspecified atom stereocenters. The third kappa shape index (κ3) is 2.09. The van der Waals surface area contributed by atoms with Crippen molar-refractivity contribution < 1.29 is 0 Å². The normalized spacial score (nSPS) is 10.4. The zero-order valence-electron chi connectivity index (χ0n) is 9.77. The first-order valence-electron chi connectivity index (χ1n) is 5.30. The summed E-state index contributed by atoms with van der Waals surface area (Å²) in [5.74, 6) is 0. The second-order valence-corrected chi connectivity index (χ2v) is 4.07. The number of benzene rings is 2. The molecule has 12 radical (unpaired) electrons. The first-order chi connectivity index (χ1) is 8.43. The Bertz CT molecular complexity index is 620. The van der Waals surface area contributed by atoms with Crippen LogP contribution in [0.25, 0.3) is 11.1 Å². The van der Waals surface area contributed by atoms with Crippen molar-refractivity contribution in [3.63, 3.8) is 0 Å². The molecule has 0 spiro atoms. The average Bonchev–Trinajstić information content (AvgIpc) is 2.32. The smallest absolute Gasteiger partial charge is 0.110 e. The molecule has 0 nitrogen and oxygen atoms in total. The molecule has 6 heteroatoms. The van der Waals surface area contributed by atoms with E-state index in [1.807, 2.05) is 0 Å². The SMILES string of the molecule is [B]c1cccc(-c2c([B])cc([B])c([B])c2[B])c1[B]. The van der Waals surface area contributed by atoms with Crippen LogP contribution in [0.5, 0.6) is 0 Å². The minimum atomic E-state index is 0.293. The molecule has 0 aliphatic heterocycles. The van der Waals surface area contributed by atoms with E-state index in [1.54, 1.807) is 24.3 Å². The fourth-order valence-electron chi connectivity index (χ4n) is 1.86. The molecule has 0 aromatic heterocycles. The van der Waals surface area contributed by atoms with Gasteiger partial charge in [0.15, 0.2) is 0 Å². The lowest BCUT2D eigenvalue weighted by Gasteiger charge is -2.19. The molecule has 2 rings (SSSR count). The quantitative estimate of drug-likeness (QED) is 0.425. The highest BCUT2D eigenvalue weighted by Crippen LogP contribution is 2.09.